The van der Waals surface area contributed by atoms with Crippen LogP contribution in [-0.4, -0.2) is 34.0 Å². The number of carbonyl (C=O) groups is 1. The van der Waals surface area contributed by atoms with Crippen LogP contribution in [0.4, 0.5) is 0 Å². The van der Waals surface area contributed by atoms with Crippen molar-refractivity contribution in [3.05, 3.63) is 46.6 Å². The van der Waals surface area contributed by atoms with Gasteiger partial charge in [0, 0.05) is 24.8 Å². The van der Waals surface area contributed by atoms with Gasteiger partial charge in [0.2, 0.25) is 0 Å². The summed E-state index contributed by atoms with van der Waals surface area (Å²) < 4.78 is 0. The minimum atomic E-state index is 0.0456. The van der Waals surface area contributed by atoms with Gasteiger partial charge in [-0.1, -0.05) is 11.6 Å². The zero-order chi connectivity index (χ0) is 16.4. The molecular formula is C18H19ClN2O2. The Morgan fingerprint density at radius 2 is 1.96 bits per heavy atom. The van der Waals surface area contributed by atoms with Crippen LogP contribution in [0, 0.1) is 6.92 Å². The van der Waals surface area contributed by atoms with Crippen LogP contribution in [0.2, 0.25) is 5.02 Å². The quantitative estimate of drug-likeness (QED) is 0.904. The number of nitrogens with zero attached hydrogens (tertiary/aromatic N) is 2. The predicted molar refractivity (Wildman–Crippen MR) is 90.8 cm³/mol. The van der Waals surface area contributed by atoms with E-state index < -0.39 is 0 Å². The molecule has 0 aliphatic carbocycles. The first-order valence-corrected chi connectivity index (χ1v) is 8.19. The molecule has 2 heterocycles. The van der Waals surface area contributed by atoms with Crippen molar-refractivity contribution in [3.8, 4) is 17.0 Å². The molecule has 1 fully saturated rings. The zero-order valence-corrected chi connectivity index (χ0v) is 13.8. The van der Waals surface area contributed by atoms with Crippen molar-refractivity contribution in [2.75, 3.05) is 13.1 Å². The van der Waals surface area contributed by atoms with Crippen molar-refractivity contribution >= 4 is 17.5 Å². The highest BCUT2D eigenvalue weighted by atomic mass is 35.5. The Kier molecular flexibility index (Phi) is 4.53. The molecule has 3 rings (SSSR count). The molecule has 120 valence electrons. The lowest BCUT2D eigenvalue weighted by Crippen LogP contribution is -2.35. The van der Waals surface area contributed by atoms with Gasteiger partial charge in [-0.2, -0.15) is 0 Å². The Labute approximate surface area is 140 Å². The standard InChI is InChI=1S/C18H19ClN2O2/c1-12-9-17(22)15(19)10-14(12)16-6-5-13(11-20-16)18(23)21-7-3-2-4-8-21/h5-6,9-11,22H,2-4,7-8H2,1H3. The highest BCUT2D eigenvalue weighted by Gasteiger charge is 2.18. The lowest BCUT2D eigenvalue weighted by Gasteiger charge is -2.26. The number of halogens is 1. The maximum absolute atomic E-state index is 12.4. The predicted octanol–water partition coefficient (Wildman–Crippen LogP) is 4.04. The van der Waals surface area contributed by atoms with Gasteiger partial charge in [-0.15, -0.1) is 0 Å². The molecule has 1 saturated heterocycles. The van der Waals surface area contributed by atoms with Crippen molar-refractivity contribution in [2.24, 2.45) is 0 Å². The molecule has 1 N–H and O–H groups in total. The molecule has 0 spiro atoms. The molecule has 2 aromatic rings. The number of carbonyl (C=O) groups excluding carboxylic acids is 1. The van der Waals surface area contributed by atoms with E-state index in [1.165, 1.54) is 6.42 Å². The number of likely N-dealkylation sites (tertiary alicyclic amines) is 1. The Bertz CT molecular complexity index is 723. The molecule has 0 saturated carbocycles. The number of piperidine rings is 1. The SMILES string of the molecule is Cc1cc(O)c(Cl)cc1-c1ccc(C(=O)N2CCCCC2)cn1. The molecule has 1 aliphatic heterocycles. The summed E-state index contributed by atoms with van der Waals surface area (Å²) in [5, 5.41) is 9.92. The Morgan fingerprint density at radius 3 is 2.61 bits per heavy atom. The van der Waals surface area contributed by atoms with E-state index in [2.05, 4.69) is 4.98 Å². The zero-order valence-electron chi connectivity index (χ0n) is 13.1. The lowest BCUT2D eigenvalue weighted by molar-refractivity contribution is 0.0724. The summed E-state index contributed by atoms with van der Waals surface area (Å²) in [5.74, 6) is 0.106. The average molecular weight is 331 g/mol. The first-order valence-electron chi connectivity index (χ1n) is 7.81. The lowest BCUT2D eigenvalue weighted by atomic mass is 10.0. The monoisotopic (exact) mass is 330 g/mol. The number of aromatic nitrogens is 1. The molecule has 23 heavy (non-hydrogen) atoms. The molecule has 0 unspecified atom stereocenters. The number of aromatic hydroxyl groups is 1. The van der Waals surface area contributed by atoms with Crippen LogP contribution in [0.15, 0.2) is 30.5 Å². The van der Waals surface area contributed by atoms with Gasteiger partial charge < -0.3 is 10.0 Å². The number of phenolic OH excluding ortho intramolecular Hbond substituents is 1. The number of phenols is 1. The summed E-state index contributed by atoms with van der Waals surface area (Å²) in [4.78, 5) is 18.7. The summed E-state index contributed by atoms with van der Waals surface area (Å²) in [6.45, 7) is 3.54. The maximum Gasteiger partial charge on any atom is 0.255 e. The highest BCUT2D eigenvalue weighted by Crippen LogP contribution is 2.32. The summed E-state index contributed by atoms with van der Waals surface area (Å²) >= 11 is 5.98. The van der Waals surface area contributed by atoms with Crippen molar-refractivity contribution in [2.45, 2.75) is 26.2 Å². The third-order valence-corrected chi connectivity index (χ3v) is 4.53. The van der Waals surface area contributed by atoms with E-state index in [9.17, 15) is 9.90 Å². The van der Waals surface area contributed by atoms with Crippen LogP contribution in [-0.2, 0) is 0 Å². The highest BCUT2D eigenvalue weighted by molar-refractivity contribution is 6.32. The Hall–Kier alpha value is -2.07. The fraction of sp³-hybridized carbons (Fsp3) is 0.333. The molecule has 4 nitrogen and oxygen atoms in total. The first-order chi connectivity index (χ1) is 11.1. The second-order valence-corrected chi connectivity index (χ2v) is 6.31. The molecule has 5 heteroatoms. The van der Waals surface area contributed by atoms with Crippen molar-refractivity contribution < 1.29 is 9.90 Å². The smallest absolute Gasteiger partial charge is 0.255 e. The van der Waals surface area contributed by atoms with Gasteiger partial charge in [0.05, 0.1) is 16.3 Å². The molecule has 0 radical (unpaired) electrons. The fourth-order valence-corrected chi connectivity index (χ4v) is 3.07. The summed E-state index contributed by atoms with van der Waals surface area (Å²) in [7, 11) is 0. The number of hydrogen-bond acceptors (Lipinski definition) is 3. The second kappa shape index (κ2) is 6.59. The van der Waals surface area contributed by atoms with Crippen LogP contribution in [0.25, 0.3) is 11.3 Å². The number of amides is 1. The van der Waals surface area contributed by atoms with Gasteiger partial charge in [0.25, 0.3) is 5.91 Å². The molecule has 0 bridgehead atoms. The first kappa shape index (κ1) is 15.8. The number of hydrogen-bond donors (Lipinski definition) is 1. The van der Waals surface area contributed by atoms with Crippen LogP contribution >= 0.6 is 11.6 Å². The molecule has 1 amide bonds. The minimum Gasteiger partial charge on any atom is -0.506 e. The fourth-order valence-electron chi connectivity index (χ4n) is 2.90. The van der Waals surface area contributed by atoms with E-state index in [0.717, 1.165) is 42.8 Å². The summed E-state index contributed by atoms with van der Waals surface area (Å²) in [6, 6.07) is 6.94. The maximum atomic E-state index is 12.4. The van der Waals surface area contributed by atoms with Crippen molar-refractivity contribution in [1.29, 1.82) is 0 Å². The van der Waals surface area contributed by atoms with E-state index in [4.69, 9.17) is 11.6 Å². The van der Waals surface area contributed by atoms with E-state index >= 15 is 0 Å². The number of rotatable bonds is 2. The van der Waals surface area contributed by atoms with Gasteiger partial charge in [0.1, 0.15) is 5.75 Å². The molecule has 1 aromatic carbocycles. The summed E-state index contributed by atoms with van der Waals surface area (Å²) in [6.07, 6.45) is 4.96. The third-order valence-electron chi connectivity index (χ3n) is 4.22. The van der Waals surface area contributed by atoms with Crippen molar-refractivity contribution in [3.63, 3.8) is 0 Å². The average Bonchev–Trinajstić information content (AvgIpc) is 2.58. The van der Waals surface area contributed by atoms with Crippen LogP contribution in [0.5, 0.6) is 5.75 Å². The molecule has 0 atom stereocenters. The van der Waals surface area contributed by atoms with E-state index in [-0.39, 0.29) is 11.7 Å². The number of benzene rings is 1. The van der Waals surface area contributed by atoms with E-state index in [0.29, 0.717) is 10.6 Å². The van der Waals surface area contributed by atoms with Gasteiger partial charge in [-0.05, 0) is 56.0 Å². The van der Waals surface area contributed by atoms with Crippen LogP contribution in [0.1, 0.15) is 35.2 Å². The van der Waals surface area contributed by atoms with Gasteiger partial charge in [-0.3, -0.25) is 9.78 Å². The second-order valence-electron chi connectivity index (χ2n) is 5.90. The molecule has 1 aliphatic rings. The molecule has 1 aromatic heterocycles. The van der Waals surface area contributed by atoms with E-state index in [1.807, 2.05) is 17.9 Å². The topological polar surface area (TPSA) is 53.4 Å². The third kappa shape index (κ3) is 3.32. The number of pyridine rings is 1. The van der Waals surface area contributed by atoms with E-state index in [1.54, 1.807) is 24.4 Å². The van der Waals surface area contributed by atoms with Crippen LogP contribution < -0.4 is 0 Å². The Balaban J connectivity index is 1.84. The van der Waals surface area contributed by atoms with Crippen LogP contribution in [0.3, 0.4) is 0 Å². The normalized spacial score (nSPS) is 14.8. The summed E-state index contributed by atoms with van der Waals surface area (Å²) in [5.41, 5.74) is 3.08. The Morgan fingerprint density at radius 1 is 1.22 bits per heavy atom. The minimum absolute atomic E-state index is 0.0456. The van der Waals surface area contributed by atoms with Gasteiger partial charge in [-0.25, -0.2) is 0 Å². The van der Waals surface area contributed by atoms with Gasteiger partial charge in [0.15, 0.2) is 0 Å². The van der Waals surface area contributed by atoms with Gasteiger partial charge >= 0.3 is 0 Å². The largest absolute Gasteiger partial charge is 0.506 e. The number of aryl methyl sites for hydroxylation is 1. The van der Waals surface area contributed by atoms with Crippen molar-refractivity contribution in [1.82, 2.24) is 9.88 Å². The molecular weight excluding hydrogens is 312 g/mol.